The first-order chi connectivity index (χ1) is 10.7. The number of anilines is 1. The molecule has 0 fully saturated rings. The zero-order valence-electron chi connectivity index (χ0n) is 12.9. The summed E-state index contributed by atoms with van der Waals surface area (Å²) in [6.07, 6.45) is 2.68. The van der Waals surface area contributed by atoms with Crippen LogP contribution in [0.1, 0.15) is 6.92 Å². The van der Waals surface area contributed by atoms with Crippen LogP contribution in [0.25, 0.3) is 10.9 Å². The Kier molecular flexibility index (Phi) is 5.23. The quantitative estimate of drug-likeness (QED) is 0.795. The molecular formula is C14H19N3O4S2. The average Bonchev–Trinajstić information content (AvgIpc) is 2.50. The number of benzene rings is 1. The molecule has 0 aliphatic rings. The van der Waals surface area contributed by atoms with Crippen molar-refractivity contribution in [1.82, 2.24) is 9.71 Å². The molecule has 0 radical (unpaired) electrons. The molecule has 126 valence electrons. The van der Waals surface area contributed by atoms with Gasteiger partial charge in [-0.1, -0.05) is 18.2 Å². The number of hydrogen-bond acceptors (Lipinski definition) is 5. The summed E-state index contributed by atoms with van der Waals surface area (Å²) in [5.74, 6) is -0.0539. The van der Waals surface area contributed by atoms with Crippen LogP contribution in [0.5, 0.6) is 0 Å². The van der Waals surface area contributed by atoms with Crippen molar-refractivity contribution in [2.24, 2.45) is 0 Å². The van der Waals surface area contributed by atoms with Crippen LogP contribution in [0.15, 0.2) is 36.5 Å². The van der Waals surface area contributed by atoms with E-state index < -0.39 is 20.0 Å². The molecule has 0 atom stereocenters. The van der Waals surface area contributed by atoms with Gasteiger partial charge in [-0.15, -0.1) is 0 Å². The summed E-state index contributed by atoms with van der Waals surface area (Å²) < 4.78 is 50.8. The number of sulfonamides is 2. The van der Waals surface area contributed by atoms with Crippen LogP contribution in [0.4, 0.5) is 5.69 Å². The monoisotopic (exact) mass is 357 g/mol. The van der Waals surface area contributed by atoms with Gasteiger partial charge in [-0.25, -0.2) is 21.6 Å². The van der Waals surface area contributed by atoms with E-state index in [9.17, 15) is 16.8 Å². The van der Waals surface area contributed by atoms with Crippen LogP contribution in [0.3, 0.4) is 0 Å². The molecule has 1 heterocycles. The molecule has 2 rings (SSSR count). The molecule has 2 aromatic rings. The van der Waals surface area contributed by atoms with Gasteiger partial charge in [0.05, 0.1) is 23.2 Å². The summed E-state index contributed by atoms with van der Waals surface area (Å²) in [4.78, 5) is 4.24. The Balaban J connectivity index is 2.36. The average molecular weight is 357 g/mol. The highest BCUT2D eigenvalue weighted by Gasteiger charge is 2.20. The Hall–Kier alpha value is -1.71. The number of fused-ring (bicyclic) bond motifs is 1. The van der Waals surface area contributed by atoms with E-state index >= 15 is 0 Å². The second-order valence-corrected chi connectivity index (χ2v) is 8.99. The smallest absolute Gasteiger partial charge is 0.232 e. The zero-order valence-corrected chi connectivity index (χ0v) is 14.6. The number of aromatic nitrogens is 1. The predicted octanol–water partition coefficient (Wildman–Crippen LogP) is 0.940. The largest absolute Gasteiger partial charge is 0.267 e. The van der Waals surface area contributed by atoms with Crippen molar-refractivity contribution in [3.05, 3.63) is 36.5 Å². The van der Waals surface area contributed by atoms with Crippen LogP contribution >= 0.6 is 0 Å². The maximum absolute atomic E-state index is 12.1. The van der Waals surface area contributed by atoms with Gasteiger partial charge < -0.3 is 0 Å². The summed E-state index contributed by atoms with van der Waals surface area (Å²) in [6.45, 7) is 1.51. The van der Waals surface area contributed by atoms with Crippen molar-refractivity contribution >= 4 is 36.6 Å². The standard InChI is InChI=1S/C14H19N3O4S2/c1-3-23(20,21)16-10-11-17(22(2,18)19)13-8-4-6-12-7-5-9-15-14(12)13/h4-9,16H,3,10-11H2,1-2H3. The van der Waals surface area contributed by atoms with E-state index in [1.54, 1.807) is 24.4 Å². The molecule has 0 saturated heterocycles. The van der Waals surface area contributed by atoms with Gasteiger partial charge >= 0.3 is 0 Å². The number of rotatable bonds is 7. The Morgan fingerprint density at radius 1 is 1.13 bits per heavy atom. The number of nitrogens with one attached hydrogen (secondary N) is 1. The lowest BCUT2D eigenvalue weighted by molar-refractivity contribution is 0.579. The number of para-hydroxylation sites is 1. The number of pyridine rings is 1. The van der Waals surface area contributed by atoms with Gasteiger partial charge in [0, 0.05) is 24.7 Å². The Labute approximate surface area is 136 Å². The summed E-state index contributed by atoms with van der Waals surface area (Å²) in [5.41, 5.74) is 0.986. The van der Waals surface area contributed by atoms with Crippen molar-refractivity contribution in [3.8, 4) is 0 Å². The highest BCUT2D eigenvalue weighted by atomic mass is 32.2. The summed E-state index contributed by atoms with van der Waals surface area (Å²) >= 11 is 0. The van der Waals surface area contributed by atoms with E-state index in [-0.39, 0.29) is 18.8 Å². The molecule has 7 nitrogen and oxygen atoms in total. The highest BCUT2D eigenvalue weighted by Crippen LogP contribution is 2.26. The first-order valence-electron chi connectivity index (χ1n) is 7.03. The SMILES string of the molecule is CCS(=O)(=O)NCCN(c1cccc2cccnc12)S(C)(=O)=O. The van der Waals surface area contributed by atoms with E-state index in [0.29, 0.717) is 11.2 Å². The molecule has 0 saturated carbocycles. The van der Waals surface area contributed by atoms with Gasteiger partial charge in [0.15, 0.2) is 0 Å². The maximum Gasteiger partial charge on any atom is 0.232 e. The Morgan fingerprint density at radius 2 is 1.83 bits per heavy atom. The molecule has 0 aliphatic heterocycles. The second-order valence-electron chi connectivity index (χ2n) is 4.99. The summed E-state index contributed by atoms with van der Waals surface area (Å²) in [7, 11) is -6.95. The third kappa shape index (κ3) is 4.40. The molecule has 1 aromatic heterocycles. The fraction of sp³-hybridized carbons (Fsp3) is 0.357. The number of nitrogens with zero attached hydrogens (tertiary/aromatic N) is 2. The highest BCUT2D eigenvalue weighted by molar-refractivity contribution is 7.92. The second kappa shape index (κ2) is 6.81. The lowest BCUT2D eigenvalue weighted by Gasteiger charge is -2.23. The topological polar surface area (TPSA) is 96.4 Å². The van der Waals surface area contributed by atoms with Gasteiger partial charge in [0.1, 0.15) is 0 Å². The van der Waals surface area contributed by atoms with Crippen LogP contribution < -0.4 is 9.03 Å². The molecule has 0 bridgehead atoms. The van der Waals surface area contributed by atoms with E-state index in [4.69, 9.17) is 0 Å². The van der Waals surface area contributed by atoms with Crippen molar-refractivity contribution in [2.75, 3.05) is 29.4 Å². The Morgan fingerprint density at radius 3 is 2.48 bits per heavy atom. The fourth-order valence-electron chi connectivity index (χ4n) is 2.16. The normalized spacial score (nSPS) is 12.4. The van der Waals surface area contributed by atoms with Gasteiger partial charge in [-0.3, -0.25) is 9.29 Å². The van der Waals surface area contributed by atoms with Crippen molar-refractivity contribution in [1.29, 1.82) is 0 Å². The van der Waals surface area contributed by atoms with E-state index in [2.05, 4.69) is 9.71 Å². The maximum atomic E-state index is 12.1. The lowest BCUT2D eigenvalue weighted by Crippen LogP contribution is -2.38. The minimum atomic E-state index is -3.58. The summed E-state index contributed by atoms with van der Waals surface area (Å²) in [6, 6.07) is 8.85. The van der Waals surface area contributed by atoms with Crippen molar-refractivity contribution < 1.29 is 16.8 Å². The number of hydrogen-bond donors (Lipinski definition) is 1. The molecule has 1 N–H and O–H groups in total. The van der Waals surface area contributed by atoms with Gasteiger partial charge in [-0.05, 0) is 19.1 Å². The molecule has 1 aromatic carbocycles. The fourth-order valence-corrected chi connectivity index (χ4v) is 3.69. The van der Waals surface area contributed by atoms with E-state index in [1.807, 2.05) is 12.1 Å². The van der Waals surface area contributed by atoms with Crippen molar-refractivity contribution in [3.63, 3.8) is 0 Å². The van der Waals surface area contributed by atoms with Crippen LogP contribution in [-0.2, 0) is 20.0 Å². The van der Waals surface area contributed by atoms with E-state index in [0.717, 1.165) is 11.6 Å². The third-order valence-electron chi connectivity index (χ3n) is 3.30. The van der Waals surface area contributed by atoms with Crippen LogP contribution in [0.2, 0.25) is 0 Å². The molecule has 0 spiro atoms. The molecule has 0 aliphatic carbocycles. The summed E-state index contributed by atoms with van der Waals surface area (Å²) in [5, 5.41) is 0.813. The van der Waals surface area contributed by atoms with Crippen molar-refractivity contribution in [2.45, 2.75) is 6.92 Å². The molecule has 0 amide bonds. The van der Waals surface area contributed by atoms with Gasteiger partial charge in [0.25, 0.3) is 0 Å². The first kappa shape index (κ1) is 17.6. The molecular weight excluding hydrogens is 338 g/mol. The minimum Gasteiger partial charge on any atom is -0.267 e. The van der Waals surface area contributed by atoms with Gasteiger partial charge in [-0.2, -0.15) is 0 Å². The van der Waals surface area contributed by atoms with Crippen LogP contribution in [-0.4, -0.2) is 46.9 Å². The molecule has 0 unspecified atom stereocenters. The minimum absolute atomic E-state index is 0.00620. The van der Waals surface area contributed by atoms with E-state index in [1.165, 1.54) is 11.2 Å². The first-order valence-corrected chi connectivity index (χ1v) is 10.5. The molecule has 9 heteroatoms. The zero-order chi connectivity index (χ0) is 17.1. The third-order valence-corrected chi connectivity index (χ3v) is 5.88. The Bertz CT molecular complexity index is 890. The van der Waals surface area contributed by atoms with Gasteiger partial charge in [0.2, 0.25) is 20.0 Å². The lowest BCUT2D eigenvalue weighted by atomic mass is 10.2. The van der Waals surface area contributed by atoms with Crippen LogP contribution in [0, 0.1) is 0 Å². The predicted molar refractivity (Wildman–Crippen MR) is 91.4 cm³/mol. The molecule has 23 heavy (non-hydrogen) atoms.